The summed E-state index contributed by atoms with van der Waals surface area (Å²) in [4.78, 5) is 0.353. The van der Waals surface area contributed by atoms with Crippen molar-refractivity contribution in [3.8, 4) is 0 Å². The van der Waals surface area contributed by atoms with E-state index < -0.39 is 10.0 Å². The van der Waals surface area contributed by atoms with Crippen LogP contribution in [-0.2, 0) is 16.4 Å². The average Bonchev–Trinajstić information content (AvgIpc) is 2.49. The first kappa shape index (κ1) is 15.7. The second kappa shape index (κ2) is 6.87. The van der Waals surface area contributed by atoms with Crippen molar-refractivity contribution in [1.82, 2.24) is 4.31 Å². The van der Waals surface area contributed by atoms with Crippen molar-refractivity contribution >= 4 is 10.0 Å². The molecule has 0 spiro atoms. The molecular weight excluding hydrogens is 282 g/mol. The van der Waals surface area contributed by atoms with Gasteiger partial charge in [-0.15, -0.1) is 0 Å². The monoisotopic (exact) mass is 303 g/mol. The minimum Gasteiger partial charge on any atom is -0.207 e. The van der Waals surface area contributed by atoms with E-state index in [-0.39, 0.29) is 6.04 Å². The van der Waals surface area contributed by atoms with Crippen LogP contribution < -0.4 is 0 Å². The summed E-state index contributed by atoms with van der Waals surface area (Å²) >= 11 is 0. The maximum atomic E-state index is 12.7. The number of benzene rings is 2. The van der Waals surface area contributed by atoms with Crippen LogP contribution in [0, 0.1) is 0 Å². The first-order valence-corrected chi connectivity index (χ1v) is 8.56. The fourth-order valence-electron chi connectivity index (χ4n) is 2.27. The molecule has 0 aliphatic heterocycles. The molecule has 0 radical (unpaired) electrons. The average molecular weight is 303 g/mol. The third-order valence-corrected chi connectivity index (χ3v) is 5.48. The highest BCUT2D eigenvalue weighted by molar-refractivity contribution is 7.89. The number of hydrogen-bond donors (Lipinski definition) is 0. The van der Waals surface area contributed by atoms with Crippen LogP contribution in [0.15, 0.2) is 65.6 Å². The van der Waals surface area contributed by atoms with Crippen molar-refractivity contribution in [2.75, 3.05) is 6.54 Å². The third kappa shape index (κ3) is 3.93. The van der Waals surface area contributed by atoms with Crippen molar-refractivity contribution in [2.45, 2.75) is 31.2 Å². The molecule has 0 N–H and O–H groups in total. The zero-order chi connectivity index (χ0) is 15.3. The molecule has 2 aromatic carbocycles. The molecule has 0 aliphatic rings. The molecule has 0 heterocycles. The number of nitrogens with zero attached hydrogens (tertiary/aromatic N) is 1. The Morgan fingerprint density at radius 3 is 1.95 bits per heavy atom. The van der Waals surface area contributed by atoms with E-state index in [4.69, 9.17) is 0 Å². The molecule has 0 bridgehead atoms. The minimum atomic E-state index is -3.44. The largest absolute Gasteiger partial charge is 0.243 e. The van der Waals surface area contributed by atoms with E-state index in [0.717, 1.165) is 5.56 Å². The molecule has 0 fully saturated rings. The Kier molecular flexibility index (Phi) is 5.15. The van der Waals surface area contributed by atoms with Crippen molar-refractivity contribution in [3.05, 3.63) is 66.2 Å². The maximum absolute atomic E-state index is 12.7. The zero-order valence-corrected chi connectivity index (χ0v) is 13.3. The fraction of sp³-hybridized carbons (Fsp3) is 0.294. The van der Waals surface area contributed by atoms with Crippen LogP contribution in [0.4, 0.5) is 0 Å². The number of sulfonamides is 1. The van der Waals surface area contributed by atoms with E-state index in [1.165, 1.54) is 0 Å². The molecule has 0 saturated heterocycles. The van der Waals surface area contributed by atoms with E-state index in [0.29, 0.717) is 17.9 Å². The van der Waals surface area contributed by atoms with Crippen LogP contribution in [0.2, 0.25) is 0 Å². The fourth-order valence-corrected chi connectivity index (χ4v) is 3.93. The van der Waals surface area contributed by atoms with Gasteiger partial charge >= 0.3 is 0 Å². The van der Waals surface area contributed by atoms with Gasteiger partial charge in [0.2, 0.25) is 10.0 Å². The van der Waals surface area contributed by atoms with Gasteiger partial charge in [0.1, 0.15) is 0 Å². The SMILES string of the molecule is CC(C)N(CCc1ccccc1)S(=O)(=O)c1ccccc1. The Hall–Kier alpha value is -1.65. The predicted molar refractivity (Wildman–Crippen MR) is 85.6 cm³/mol. The molecule has 0 aromatic heterocycles. The summed E-state index contributed by atoms with van der Waals surface area (Å²) in [6.45, 7) is 4.30. The molecule has 21 heavy (non-hydrogen) atoms. The summed E-state index contributed by atoms with van der Waals surface area (Å²) in [5, 5.41) is 0. The van der Waals surface area contributed by atoms with E-state index >= 15 is 0 Å². The Labute approximate surface area is 127 Å². The molecule has 0 aliphatic carbocycles. The van der Waals surface area contributed by atoms with Crippen LogP contribution in [0.3, 0.4) is 0 Å². The molecule has 2 rings (SSSR count). The second-order valence-corrected chi connectivity index (χ2v) is 7.15. The van der Waals surface area contributed by atoms with Crippen LogP contribution >= 0.6 is 0 Å². The molecule has 0 amide bonds. The second-order valence-electron chi connectivity index (χ2n) is 5.26. The Morgan fingerprint density at radius 1 is 0.905 bits per heavy atom. The molecule has 0 unspecified atom stereocenters. The van der Waals surface area contributed by atoms with Gasteiger partial charge in [-0.25, -0.2) is 8.42 Å². The smallest absolute Gasteiger partial charge is 0.207 e. The van der Waals surface area contributed by atoms with Crippen molar-refractivity contribution in [1.29, 1.82) is 0 Å². The van der Waals surface area contributed by atoms with E-state index in [2.05, 4.69) is 0 Å². The normalized spacial score (nSPS) is 12.0. The van der Waals surface area contributed by atoms with Gasteiger partial charge < -0.3 is 0 Å². The third-order valence-electron chi connectivity index (χ3n) is 3.39. The van der Waals surface area contributed by atoms with Gasteiger partial charge in [-0.1, -0.05) is 48.5 Å². The highest BCUT2D eigenvalue weighted by Gasteiger charge is 2.26. The molecule has 0 atom stereocenters. The summed E-state index contributed by atoms with van der Waals surface area (Å²) in [6, 6.07) is 18.5. The van der Waals surface area contributed by atoms with Gasteiger partial charge in [-0.2, -0.15) is 4.31 Å². The topological polar surface area (TPSA) is 37.4 Å². The van der Waals surface area contributed by atoms with Gasteiger partial charge in [0.05, 0.1) is 4.90 Å². The Bertz CT molecular complexity index is 652. The Balaban J connectivity index is 2.19. The lowest BCUT2D eigenvalue weighted by Crippen LogP contribution is -2.38. The maximum Gasteiger partial charge on any atom is 0.243 e. The van der Waals surface area contributed by atoms with Crippen molar-refractivity contribution < 1.29 is 8.42 Å². The summed E-state index contributed by atoms with van der Waals surface area (Å²) in [5.74, 6) is 0. The van der Waals surface area contributed by atoms with Crippen LogP contribution in [0.25, 0.3) is 0 Å². The molecule has 4 heteroatoms. The lowest BCUT2D eigenvalue weighted by Gasteiger charge is -2.26. The lowest BCUT2D eigenvalue weighted by atomic mass is 10.1. The van der Waals surface area contributed by atoms with Gasteiger partial charge in [-0.05, 0) is 38.0 Å². The summed E-state index contributed by atoms with van der Waals surface area (Å²) in [7, 11) is -3.44. The van der Waals surface area contributed by atoms with Crippen molar-refractivity contribution in [3.63, 3.8) is 0 Å². The van der Waals surface area contributed by atoms with Crippen LogP contribution in [0.1, 0.15) is 19.4 Å². The van der Waals surface area contributed by atoms with Gasteiger partial charge in [0.25, 0.3) is 0 Å². The first-order chi connectivity index (χ1) is 10.0. The predicted octanol–water partition coefficient (Wildman–Crippen LogP) is 3.33. The summed E-state index contributed by atoms with van der Waals surface area (Å²) < 4.78 is 27.0. The molecular formula is C17H21NO2S. The molecule has 2 aromatic rings. The lowest BCUT2D eigenvalue weighted by molar-refractivity contribution is 0.357. The zero-order valence-electron chi connectivity index (χ0n) is 12.4. The molecule has 0 saturated carbocycles. The van der Waals surface area contributed by atoms with Gasteiger partial charge in [0.15, 0.2) is 0 Å². The van der Waals surface area contributed by atoms with E-state index in [9.17, 15) is 8.42 Å². The molecule has 112 valence electrons. The standard InChI is InChI=1S/C17H21NO2S/c1-15(2)18(14-13-16-9-5-3-6-10-16)21(19,20)17-11-7-4-8-12-17/h3-12,15H,13-14H2,1-2H3. The number of hydrogen-bond acceptors (Lipinski definition) is 2. The van der Waals surface area contributed by atoms with Crippen LogP contribution in [-0.4, -0.2) is 25.3 Å². The highest BCUT2D eigenvalue weighted by Crippen LogP contribution is 2.18. The van der Waals surface area contributed by atoms with Crippen LogP contribution in [0.5, 0.6) is 0 Å². The minimum absolute atomic E-state index is 0.0704. The van der Waals surface area contributed by atoms with Crippen molar-refractivity contribution in [2.24, 2.45) is 0 Å². The quantitative estimate of drug-likeness (QED) is 0.821. The highest BCUT2D eigenvalue weighted by atomic mass is 32.2. The summed E-state index contributed by atoms with van der Waals surface area (Å²) in [5.41, 5.74) is 1.14. The van der Waals surface area contributed by atoms with Gasteiger partial charge in [0, 0.05) is 12.6 Å². The van der Waals surface area contributed by atoms with E-state index in [1.807, 2.05) is 50.2 Å². The first-order valence-electron chi connectivity index (χ1n) is 7.12. The van der Waals surface area contributed by atoms with E-state index in [1.54, 1.807) is 28.6 Å². The summed E-state index contributed by atoms with van der Waals surface area (Å²) in [6.07, 6.45) is 0.713. The van der Waals surface area contributed by atoms with Gasteiger partial charge in [-0.3, -0.25) is 0 Å². The Morgan fingerprint density at radius 2 is 1.43 bits per heavy atom. The number of rotatable bonds is 6. The molecule has 3 nitrogen and oxygen atoms in total.